The topological polar surface area (TPSA) is 21.6 Å². The predicted octanol–water partition coefficient (Wildman–Crippen LogP) is 5.21. The summed E-state index contributed by atoms with van der Waals surface area (Å²) < 4.78 is 0. The Morgan fingerprint density at radius 1 is 0.826 bits per heavy atom. The lowest BCUT2D eigenvalue weighted by molar-refractivity contribution is 0.132. The summed E-state index contributed by atoms with van der Waals surface area (Å²) in [5, 5.41) is 4.08. The standard InChI is InChI=1S/C21H19NO/c1-17-8-5-6-12-21(17)15-22-23-16-18-9-7-13-20(14-18)19-10-3-2-4-11-19/h2-15H,16H2,1H3. The van der Waals surface area contributed by atoms with Crippen LogP contribution in [0.15, 0.2) is 84.0 Å². The van der Waals surface area contributed by atoms with Gasteiger partial charge in [-0.15, -0.1) is 0 Å². The van der Waals surface area contributed by atoms with Crippen molar-refractivity contribution >= 4 is 6.21 Å². The van der Waals surface area contributed by atoms with Crippen molar-refractivity contribution < 1.29 is 4.84 Å². The highest BCUT2D eigenvalue weighted by molar-refractivity contribution is 5.81. The zero-order chi connectivity index (χ0) is 15.9. The third-order valence-corrected chi connectivity index (χ3v) is 3.72. The lowest BCUT2D eigenvalue weighted by Gasteiger charge is -2.05. The number of aryl methyl sites for hydroxylation is 1. The molecule has 2 nitrogen and oxygen atoms in total. The minimum atomic E-state index is 0.461. The van der Waals surface area contributed by atoms with Crippen LogP contribution in [0.4, 0.5) is 0 Å². The number of benzene rings is 3. The second-order valence-electron chi connectivity index (χ2n) is 5.43. The van der Waals surface area contributed by atoms with Gasteiger partial charge in [0.05, 0.1) is 6.21 Å². The molecule has 2 heteroatoms. The van der Waals surface area contributed by atoms with Crippen LogP contribution in [0.1, 0.15) is 16.7 Å². The van der Waals surface area contributed by atoms with Crippen LogP contribution in [-0.4, -0.2) is 6.21 Å². The van der Waals surface area contributed by atoms with Gasteiger partial charge < -0.3 is 4.84 Å². The monoisotopic (exact) mass is 301 g/mol. The Morgan fingerprint density at radius 3 is 2.39 bits per heavy atom. The quantitative estimate of drug-likeness (QED) is 0.468. The fourth-order valence-electron chi connectivity index (χ4n) is 2.41. The Labute approximate surface area is 137 Å². The molecule has 0 amide bonds. The first-order chi connectivity index (χ1) is 11.3. The minimum absolute atomic E-state index is 0.461. The molecule has 3 aromatic rings. The number of oxime groups is 1. The highest BCUT2D eigenvalue weighted by Gasteiger charge is 1.99. The first-order valence-corrected chi connectivity index (χ1v) is 7.68. The molecule has 0 atom stereocenters. The van der Waals surface area contributed by atoms with E-state index in [-0.39, 0.29) is 0 Å². The second-order valence-corrected chi connectivity index (χ2v) is 5.43. The molecule has 0 saturated heterocycles. The molecule has 0 aliphatic rings. The molecule has 0 aliphatic heterocycles. The molecule has 0 heterocycles. The van der Waals surface area contributed by atoms with Crippen molar-refractivity contribution in [3.8, 4) is 11.1 Å². The third kappa shape index (κ3) is 4.07. The smallest absolute Gasteiger partial charge is 0.142 e. The fraction of sp³-hybridized carbons (Fsp3) is 0.0952. The molecule has 0 spiro atoms. The first kappa shape index (κ1) is 15.0. The van der Waals surface area contributed by atoms with E-state index in [0.717, 1.165) is 11.1 Å². The van der Waals surface area contributed by atoms with E-state index in [1.807, 2.05) is 42.5 Å². The predicted molar refractivity (Wildman–Crippen MR) is 95.4 cm³/mol. The van der Waals surface area contributed by atoms with Crippen LogP contribution in [0, 0.1) is 6.92 Å². The summed E-state index contributed by atoms with van der Waals surface area (Å²) in [6.45, 7) is 2.52. The van der Waals surface area contributed by atoms with Crippen LogP contribution in [0.3, 0.4) is 0 Å². The summed E-state index contributed by atoms with van der Waals surface area (Å²) in [5.74, 6) is 0. The number of hydrogen-bond acceptors (Lipinski definition) is 2. The van der Waals surface area contributed by atoms with Crippen molar-refractivity contribution in [2.24, 2.45) is 5.16 Å². The van der Waals surface area contributed by atoms with E-state index in [1.165, 1.54) is 16.7 Å². The van der Waals surface area contributed by atoms with Crippen molar-refractivity contribution in [1.29, 1.82) is 0 Å². The van der Waals surface area contributed by atoms with E-state index < -0.39 is 0 Å². The van der Waals surface area contributed by atoms with E-state index >= 15 is 0 Å². The lowest BCUT2D eigenvalue weighted by Crippen LogP contribution is -1.90. The summed E-state index contributed by atoms with van der Waals surface area (Å²) in [6, 6.07) is 26.8. The van der Waals surface area contributed by atoms with Crippen molar-refractivity contribution in [2.75, 3.05) is 0 Å². The Morgan fingerprint density at radius 2 is 1.57 bits per heavy atom. The molecule has 0 aliphatic carbocycles. The van der Waals surface area contributed by atoms with Gasteiger partial charge in [0, 0.05) is 0 Å². The van der Waals surface area contributed by atoms with Crippen LogP contribution in [-0.2, 0) is 11.4 Å². The lowest BCUT2D eigenvalue weighted by atomic mass is 10.0. The van der Waals surface area contributed by atoms with E-state index in [2.05, 4.69) is 48.5 Å². The van der Waals surface area contributed by atoms with Crippen LogP contribution >= 0.6 is 0 Å². The highest BCUT2D eigenvalue weighted by atomic mass is 16.6. The maximum Gasteiger partial charge on any atom is 0.142 e. The summed E-state index contributed by atoms with van der Waals surface area (Å²) in [6.07, 6.45) is 1.76. The zero-order valence-corrected chi connectivity index (χ0v) is 13.1. The molecule has 23 heavy (non-hydrogen) atoms. The van der Waals surface area contributed by atoms with E-state index in [9.17, 15) is 0 Å². The van der Waals surface area contributed by atoms with Crippen molar-refractivity contribution in [3.05, 3.63) is 95.6 Å². The minimum Gasteiger partial charge on any atom is -0.391 e. The van der Waals surface area contributed by atoms with Crippen LogP contribution in [0.5, 0.6) is 0 Å². The molecule has 0 bridgehead atoms. The molecular weight excluding hydrogens is 282 g/mol. The molecule has 0 unspecified atom stereocenters. The maximum atomic E-state index is 5.44. The van der Waals surface area contributed by atoms with Gasteiger partial charge in [0.1, 0.15) is 6.61 Å². The van der Waals surface area contributed by atoms with E-state index in [1.54, 1.807) is 6.21 Å². The van der Waals surface area contributed by atoms with Crippen molar-refractivity contribution in [3.63, 3.8) is 0 Å². The average Bonchev–Trinajstić information content (AvgIpc) is 2.61. The molecule has 0 aromatic heterocycles. The summed E-state index contributed by atoms with van der Waals surface area (Å²) in [7, 11) is 0. The summed E-state index contributed by atoms with van der Waals surface area (Å²) in [5.41, 5.74) is 5.76. The summed E-state index contributed by atoms with van der Waals surface area (Å²) >= 11 is 0. The van der Waals surface area contributed by atoms with Gasteiger partial charge in [0.25, 0.3) is 0 Å². The zero-order valence-electron chi connectivity index (χ0n) is 13.1. The van der Waals surface area contributed by atoms with Crippen LogP contribution in [0.25, 0.3) is 11.1 Å². The van der Waals surface area contributed by atoms with Crippen LogP contribution in [0.2, 0.25) is 0 Å². The molecule has 3 rings (SSSR count). The largest absolute Gasteiger partial charge is 0.391 e. The SMILES string of the molecule is Cc1ccccc1C=NOCc1cccc(-c2ccccc2)c1. The Balaban J connectivity index is 1.64. The van der Waals surface area contributed by atoms with E-state index in [0.29, 0.717) is 6.61 Å². The molecular formula is C21H19NO. The highest BCUT2D eigenvalue weighted by Crippen LogP contribution is 2.20. The Hall–Kier alpha value is -2.87. The van der Waals surface area contributed by atoms with Crippen molar-refractivity contribution in [2.45, 2.75) is 13.5 Å². The third-order valence-electron chi connectivity index (χ3n) is 3.72. The van der Waals surface area contributed by atoms with Gasteiger partial charge in [-0.2, -0.15) is 0 Å². The van der Waals surface area contributed by atoms with Gasteiger partial charge in [-0.3, -0.25) is 0 Å². The molecule has 0 saturated carbocycles. The molecule has 114 valence electrons. The van der Waals surface area contributed by atoms with Crippen LogP contribution < -0.4 is 0 Å². The van der Waals surface area contributed by atoms with Gasteiger partial charge in [-0.25, -0.2) is 0 Å². The average molecular weight is 301 g/mol. The van der Waals surface area contributed by atoms with Gasteiger partial charge in [0.15, 0.2) is 0 Å². The molecule has 0 fully saturated rings. The van der Waals surface area contributed by atoms with Gasteiger partial charge in [-0.1, -0.05) is 78.0 Å². The molecule has 0 N–H and O–H groups in total. The van der Waals surface area contributed by atoms with Gasteiger partial charge in [0.2, 0.25) is 0 Å². The summed E-state index contributed by atoms with van der Waals surface area (Å²) in [4.78, 5) is 5.44. The fourth-order valence-corrected chi connectivity index (χ4v) is 2.41. The number of hydrogen-bond donors (Lipinski definition) is 0. The molecule has 0 radical (unpaired) electrons. The van der Waals surface area contributed by atoms with Gasteiger partial charge in [-0.05, 0) is 40.8 Å². The number of rotatable bonds is 5. The Kier molecular flexibility index (Phi) is 4.85. The first-order valence-electron chi connectivity index (χ1n) is 7.68. The normalized spacial score (nSPS) is 10.8. The molecule has 3 aromatic carbocycles. The second kappa shape index (κ2) is 7.41. The maximum absolute atomic E-state index is 5.44. The van der Waals surface area contributed by atoms with Gasteiger partial charge >= 0.3 is 0 Å². The number of nitrogens with zero attached hydrogens (tertiary/aromatic N) is 1. The van der Waals surface area contributed by atoms with E-state index in [4.69, 9.17) is 4.84 Å². The Bertz CT molecular complexity index is 794. The van der Waals surface area contributed by atoms with Crippen molar-refractivity contribution in [1.82, 2.24) is 0 Å².